The minimum Gasteiger partial charge on any atom is -0.459 e. The minimum absolute atomic E-state index is 0.111. The molecule has 0 saturated carbocycles. The Bertz CT molecular complexity index is 527. The first-order valence-electron chi connectivity index (χ1n) is 6.01. The van der Waals surface area contributed by atoms with Crippen molar-refractivity contribution in [2.24, 2.45) is 0 Å². The molecule has 0 radical (unpaired) electrons. The van der Waals surface area contributed by atoms with Crippen LogP contribution in [-0.2, 0) is 6.61 Å². The molecule has 5 heteroatoms. The van der Waals surface area contributed by atoms with Gasteiger partial charge >= 0.3 is 0 Å². The first-order chi connectivity index (χ1) is 9.22. The zero-order chi connectivity index (χ0) is 13.7. The van der Waals surface area contributed by atoms with E-state index in [0.29, 0.717) is 18.1 Å². The summed E-state index contributed by atoms with van der Waals surface area (Å²) in [7, 11) is 0. The van der Waals surface area contributed by atoms with Crippen LogP contribution in [0.1, 0.15) is 5.76 Å². The van der Waals surface area contributed by atoms with Crippen molar-refractivity contribution in [2.75, 3.05) is 17.7 Å². The maximum absolute atomic E-state index is 9.40. The topological polar surface area (TPSA) is 65.6 Å². The van der Waals surface area contributed by atoms with Crippen molar-refractivity contribution in [1.29, 1.82) is 0 Å². The highest BCUT2D eigenvalue weighted by molar-refractivity contribution is 6.18. The first-order valence-corrected chi connectivity index (χ1v) is 6.54. The molecular weight excluding hydrogens is 266 g/mol. The molecule has 1 unspecified atom stereocenters. The number of alkyl halides is 1. The third-order valence-corrected chi connectivity index (χ3v) is 3.04. The molecule has 0 spiro atoms. The van der Waals surface area contributed by atoms with Crippen molar-refractivity contribution in [3.63, 3.8) is 0 Å². The summed E-state index contributed by atoms with van der Waals surface area (Å²) < 4.78 is 5.47. The molecule has 0 aliphatic rings. The standard InChI is InChI=1S/C14H16ClNO3/c15-7-12(18)8-16-11-3-1-2-10(6-11)14-5-4-13(9-17)19-14/h1-6,12,16-18H,7-9H2. The quantitative estimate of drug-likeness (QED) is 0.712. The molecule has 0 amide bonds. The number of hydrogen-bond acceptors (Lipinski definition) is 4. The van der Waals surface area contributed by atoms with Crippen LogP contribution in [0.5, 0.6) is 0 Å². The third kappa shape index (κ3) is 3.73. The van der Waals surface area contributed by atoms with E-state index in [-0.39, 0.29) is 12.5 Å². The van der Waals surface area contributed by atoms with Gasteiger partial charge in [0.05, 0.1) is 12.0 Å². The Labute approximate surface area is 116 Å². The van der Waals surface area contributed by atoms with Gasteiger partial charge < -0.3 is 19.9 Å². The van der Waals surface area contributed by atoms with Gasteiger partial charge in [0.1, 0.15) is 18.1 Å². The third-order valence-electron chi connectivity index (χ3n) is 2.68. The zero-order valence-electron chi connectivity index (χ0n) is 10.3. The van der Waals surface area contributed by atoms with Crippen molar-refractivity contribution in [3.05, 3.63) is 42.2 Å². The van der Waals surface area contributed by atoms with Gasteiger partial charge in [0.25, 0.3) is 0 Å². The Balaban J connectivity index is 2.10. The fourth-order valence-corrected chi connectivity index (χ4v) is 1.80. The Hall–Kier alpha value is -1.49. The lowest BCUT2D eigenvalue weighted by molar-refractivity contribution is 0.211. The molecule has 0 aliphatic heterocycles. The normalized spacial score (nSPS) is 12.4. The lowest BCUT2D eigenvalue weighted by atomic mass is 10.1. The van der Waals surface area contributed by atoms with E-state index in [1.807, 2.05) is 30.3 Å². The minimum atomic E-state index is -0.574. The number of furan rings is 1. The van der Waals surface area contributed by atoms with Gasteiger partial charge in [-0.3, -0.25) is 0 Å². The Morgan fingerprint density at radius 1 is 1.26 bits per heavy atom. The smallest absolute Gasteiger partial charge is 0.134 e. The highest BCUT2D eigenvalue weighted by atomic mass is 35.5. The summed E-state index contributed by atoms with van der Waals surface area (Å²) in [5.41, 5.74) is 1.79. The zero-order valence-corrected chi connectivity index (χ0v) is 11.1. The van der Waals surface area contributed by atoms with Crippen LogP contribution in [0, 0.1) is 0 Å². The fraction of sp³-hybridized carbons (Fsp3) is 0.286. The van der Waals surface area contributed by atoms with Crippen LogP contribution in [0.2, 0.25) is 0 Å². The molecule has 19 heavy (non-hydrogen) atoms. The van der Waals surface area contributed by atoms with E-state index in [9.17, 15) is 5.11 Å². The van der Waals surface area contributed by atoms with Crippen LogP contribution < -0.4 is 5.32 Å². The van der Waals surface area contributed by atoms with Crippen molar-refractivity contribution in [3.8, 4) is 11.3 Å². The van der Waals surface area contributed by atoms with E-state index in [1.54, 1.807) is 6.07 Å². The number of benzene rings is 1. The van der Waals surface area contributed by atoms with Gasteiger partial charge in [-0.05, 0) is 24.3 Å². The van der Waals surface area contributed by atoms with Crippen molar-refractivity contribution >= 4 is 17.3 Å². The number of anilines is 1. The van der Waals surface area contributed by atoms with Gasteiger partial charge in [-0.25, -0.2) is 0 Å². The molecule has 2 rings (SSSR count). The second-order valence-corrected chi connectivity index (χ2v) is 4.50. The Morgan fingerprint density at radius 3 is 2.79 bits per heavy atom. The predicted molar refractivity (Wildman–Crippen MR) is 75.3 cm³/mol. The van der Waals surface area contributed by atoms with Crippen LogP contribution in [0.4, 0.5) is 5.69 Å². The van der Waals surface area contributed by atoms with E-state index in [1.165, 1.54) is 0 Å². The molecule has 2 aromatic rings. The lowest BCUT2D eigenvalue weighted by Gasteiger charge is -2.10. The molecule has 0 bridgehead atoms. The molecule has 0 aliphatic carbocycles. The van der Waals surface area contributed by atoms with E-state index in [0.717, 1.165) is 11.3 Å². The predicted octanol–water partition coefficient (Wildman–Crippen LogP) is 2.45. The summed E-state index contributed by atoms with van der Waals surface area (Å²) in [6, 6.07) is 11.2. The van der Waals surface area contributed by atoms with Crippen LogP contribution in [0.3, 0.4) is 0 Å². The van der Waals surface area contributed by atoms with Gasteiger partial charge in [0, 0.05) is 17.8 Å². The summed E-state index contributed by atoms with van der Waals surface area (Å²) >= 11 is 5.54. The second-order valence-electron chi connectivity index (χ2n) is 4.19. The highest BCUT2D eigenvalue weighted by Gasteiger charge is 2.06. The summed E-state index contributed by atoms with van der Waals surface area (Å²) in [5.74, 6) is 1.43. The highest BCUT2D eigenvalue weighted by Crippen LogP contribution is 2.24. The summed E-state index contributed by atoms with van der Waals surface area (Å²) in [6.45, 7) is 0.285. The molecule has 3 N–H and O–H groups in total. The van der Waals surface area contributed by atoms with Crippen LogP contribution in [0.25, 0.3) is 11.3 Å². The number of hydrogen-bond donors (Lipinski definition) is 3. The average molecular weight is 282 g/mol. The van der Waals surface area contributed by atoms with E-state index in [2.05, 4.69) is 5.32 Å². The van der Waals surface area contributed by atoms with Crippen molar-refractivity contribution < 1.29 is 14.6 Å². The van der Waals surface area contributed by atoms with E-state index >= 15 is 0 Å². The van der Waals surface area contributed by atoms with E-state index in [4.69, 9.17) is 21.1 Å². The summed E-state index contributed by atoms with van der Waals surface area (Å²) in [5, 5.41) is 21.5. The SMILES string of the molecule is OCc1ccc(-c2cccc(NCC(O)CCl)c2)o1. The van der Waals surface area contributed by atoms with Crippen molar-refractivity contribution in [2.45, 2.75) is 12.7 Å². The fourth-order valence-electron chi connectivity index (χ4n) is 1.69. The van der Waals surface area contributed by atoms with Crippen LogP contribution in [0.15, 0.2) is 40.8 Å². The maximum Gasteiger partial charge on any atom is 0.134 e. The molecular formula is C14H16ClNO3. The Kier molecular flexibility index (Phi) is 4.85. The second kappa shape index (κ2) is 6.61. The van der Waals surface area contributed by atoms with E-state index < -0.39 is 6.10 Å². The van der Waals surface area contributed by atoms with Gasteiger partial charge in [-0.15, -0.1) is 11.6 Å². The van der Waals surface area contributed by atoms with Gasteiger partial charge in [0.15, 0.2) is 0 Å². The number of rotatable bonds is 6. The number of halogens is 1. The van der Waals surface area contributed by atoms with Gasteiger partial charge in [0.2, 0.25) is 0 Å². The average Bonchev–Trinajstić information content (AvgIpc) is 2.94. The molecule has 1 aromatic heterocycles. The largest absolute Gasteiger partial charge is 0.459 e. The number of aliphatic hydroxyl groups excluding tert-OH is 2. The monoisotopic (exact) mass is 281 g/mol. The number of aliphatic hydroxyl groups is 2. The lowest BCUT2D eigenvalue weighted by Crippen LogP contribution is -2.20. The summed E-state index contributed by atoms with van der Waals surface area (Å²) in [4.78, 5) is 0. The molecule has 102 valence electrons. The van der Waals surface area contributed by atoms with Gasteiger partial charge in [-0.2, -0.15) is 0 Å². The molecule has 1 atom stereocenters. The van der Waals surface area contributed by atoms with Gasteiger partial charge in [-0.1, -0.05) is 12.1 Å². The van der Waals surface area contributed by atoms with Crippen molar-refractivity contribution in [1.82, 2.24) is 0 Å². The molecule has 4 nitrogen and oxygen atoms in total. The molecule has 0 fully saturated rings. The first kappa shape index (κ1) is 13.9. The van der Waals surface area contributed by atoms with Crippen LogP contribution >= 0.6 is 11.6 Å². The maximum atomic E-state index is 9.40. The summed E-state index contributed by atoms with van der Waals surface area (Å²) in [6.07, 6.45) is -0.574. The molecule has 0 saturated heterocycles. The Morgan fingerprint density at radius 2 is 2.11 bits per heavy atom. The number of nitrogens with one attached hydrogen (secondary N) is 1. The molecule has 1 aromatic carbocycles. The van der Waals surface area contributed by atoms with Crippen LogP contribution in [-0.4, -0.2) is 28.7 Å². The molecule has 1 heterocycles.